The van der Waals surface area contributed by atoms with E-state index in [0.29, 0.717) is 13.1 Å². The Morgan fingerprint density at radius 2 is 0.806 bits per heavy atom. The largest absolute Gasteiger partial charge is 0.293 e. The minimum atomic E-state index is 0.678. The summed E-state index contributed by atoms with van der Waals surface area (Å²) in [5, 5.41) is 13.3. The fourth-order valence-corrected chi connectivity index (χ4v) is 3.67. The summed E-state index contributed by atoms with van der Waals surface area (Å²) in [5.74, 6) is 1.44. The molecule has 0 unspecified atom stereocenters. The van der Waals surface area contributed by atoms with Gasteiger partial charge in [-0.25, -0.2) is 10.9 Å². The monoisotopic (exact) mass is 476 g/mol. The van der Waals surface area contributed by atoms with Crippen molar-refractivity contribution in [3.8, 4) is 0 Å². The zero-order chi connectivity index (χ0) is 25.0. The zero-order valence-corrected chi connectivity index (χ0v) is 20.8. The van der Waals surface area contributed by atoms with Crippen LogP contribution in [0.3, 0.4) is 0 Å². The molecule has 0 spiro atoms. The number of amidine groups is 2. The third-order valence-corrected chi connectivity index (χ3v) is 5.67. The van der Waals surface area contributed by atoms with Crippen LogP contribution < -0.4 is 10.9 Å². The van der Waals surface area contributed by atoms with E-state index >= 15 is 0 Å². The van der Waals surface area contributed by atoms with Gasteiger partial charge in [-0.3, -0.25) is 10.0 Å². The fourth-order valence-electron chi connectivity index (χ4n) is 3.67. The SMILES string of the molecule is CN(NCc1ccccc1)C(=NN=C(c1ccccc1)N(C)NCc1ccccc1)c1ccccc1. The summed E-state index contributed by atoms with van der Waals surface area (Å²) in [6.45, 7) is 1.36. The van der Waals surface area contributed by atoms with Crippen molar-refractivity contribution in [1.29, 1.82) is 0 Å². The van der Waals surface area contributed by atoms with Gasteiger partial charge in [0.05, 0.1) is 0 Å². The van der Waals surface area contributed by atoms with Crippen molar-refractivity contribution in [3.63, 3.8) is 0 Å². The summed E-state index contributed by atoms with van der Waals surface area (Å²) in [5.41, 5.74) is 11.2. The van der Waals surface area contributed by atoms with Gasteiger partial charge in [0.25, 0.3) is 0 Å². The molecular formula is C30H32N6. The maximum absolute atomic E-state index is 4.75. The van der Waals surface area contributed by atoms with Gasteiger partial charge in [-0.2, -0.15) is 0 Å². The number of hydrazine groups is 2. The Labute approximate surface area is 213 Å². The van der Waals surface area contributed by atoms with Crippen molar-refractivity contribution in [3.05, 3.63) is 144 Å². The summed E-state index contributed by atoms with van der Waals surface area (Å²) in [4.78, 5) is 0. The topological polar surface area (TPSA) is 55.3 Å². The standard InChI is InChI=1S/C30H32N6/c1-35(31-23-25-15-7-3-8-16-25)29(27-19-11-5-12-20-27)33-34-30(28-21-13-6-14-22-28)36(2)32-24-26-17-9-4-10-18-26/h3-22,31-32H,23-24H2,1-2H3. The van der Waals surface area contributed by atoms with E-state index in [1.807, 2.05) is 121 Å². The van der Waals surface area contributed by atoms with Crippen molar-refractivity contribution >= 4 is 11.7 Å². The molecule has 0 aliphatic heterocycles. The molecule has 182 valence electrons. The molecule has 0 fully saturated rings. The number of benzene rings is 4. The van der Waals surface area contributed by atoms with Crippen LogP contribution in [-0.2, 0) is 13.1 Å². The number of nitrogens with zero attached hydrogens (tertiary/aromatic N) is 4. The molecule has 0 aliphatic carbocycles. The van der Waals surface area contributed by atoms with Gasteiger partial charge in [0, 0.05) is 38.3 Å². The van der Waals surface area contributed by atoms with E-state index in [1.165, 1.54) is 11.1 Å². The van der Waals surface area contributed by atoms with Gasteiger partial charge in [0.2, 0.25) is 0 Å². The summed E-state index contributed by atoms with van der Waals surface area (Å²) in [6.07, 6.45) is 0. The minimum Gasteiger partial charge on any atom is -0.293 e. The van der Waals surface area contributed by atoms with Gasteiger partial charge in [-0.15, -0.1) is 10.2 Å². The second-order valence-electron chi connectivity index (χ2n) is 8.34. The molecule has 0 aliphatic rings. The first-order chi connectivity index (χ1) is 17.7. The molecule has 6 nitrogen and oxygen atoms in total. The second kappa shape index (κ2) is 13.0. The van der Waals surface area contributed by atoms with Crippen LogP contribution in [0.4, 0.5) is 0 Å². The van der Waals surface area contributed by atoms with Crippen molar-refractivity contribution in [2.24, 2.45) is 10.2 Å². The van der Waals surface area contributed by atoms with Crippen molar-refractivity contribution < 1.29 is 0 Å². The maximum atomic E-state index is 4.75. The Hall–Kier alpha value is -4.26. The lowest BCUT2D eigenvalue weighted by Gasteiger charge is -2.24. The van der Waals surface area contributed by atoms with Gasteiger partial charge >= 0.3 is 0 Å². The molecule has 0 aromatic heterocycles. The predicted octanol–water partition coefficient (Wildman–Crippen LogP) is 5.07. The van der Waals surface area contributed by atoms with E-state index in [1.54, 1.807) is 0 Å². The Morgan fingerprint density at radius 3 is 1.14 bits per heavy atom. The van der Waals surface area contributed by atoms with E-state index in [-0.39, 0.29) is 0 Å². The molecule has 4 aromatic rings. The van der Waals surface area contributed by atoms with Crippen LogP contribution in [0, 0.1) is 0 Å². The smallest absolute Gasteiger partial charge is 0.172 e. The molecule has 0 atom stereocenters. The number of hydrogen-bond donors (Lipinski definition) is 2. The number of hydrogen-bond acceptors (Lipinski definition) is 4. The summed E-state index contributed by atoms with van der Waals surface area (Å²) in [7, 11) is 3.92. The fraction of sp³-hybridized carbons (Fsp3) is 0.133. The zero-order valence-electron chi connectivity index (χ0n) is 20.8. The average molecular weight is 477 g/mol. The second-order valence-corrected chi connectivity index (χ2v) is 8.34. The lowest BCUT2D eigenvalue weighted by molar-refractivity contribution is 0.358. The molecule has 0 saturated heterocycles. The van der Waals surface area contributed by atoms with Crippen molar-refractivity contribution in [2.75, 3.05) is 14.1 Å². The highest BCUT2D eigenvalue weighted by molar-refractivity contribution is 6.01. The van der Waals surface area contributed by atoms with Crippen LogP contribution in [0.1, 0.15) is 22.3 Å². The Bertz CT molecular complexity index is 1140. The number of nitrogens with one attached hydrogen (secondary N) is 2. The lowest BCUT2D eigenvalue weighted by atomic mass is 10.2. The van der Waals surface area contributed by atoms with E-state index in [4.69, 9.17) is 10.2 Å². The molecule has 0 heterocycles. The highest BCUT2D eigenvalue weighted by atomic mass is 15.6. The first-order valence-electron chi connectivity index (χ1n) is 12.0. The Kier molecular flexibility index (Phi) is 8.97. The average Bonchev–Trinajstić information content (AvgIpc) is 2.95. The molecule has 6 heteroatoms. The van der Waals surface area contributed by atoms with Gasteiger partial charge < -0.3 is 0 Å². The van der Waals surface area contributed by atoms with Gasteiger partial charge in [-0.1, -0.05) is 121 Å². The highest BCUT2D eigenvalue weighted by Gasteiger charge is 2.13. The highest BCUT2D eigenvalue weighted by Crippen LogP contribution is 2.09. The van der Waals surface area contributed by atoms with Gasteiger partial charge in [-0.05, 0) is 11.1 Å². The lowest BCUT2D eigenvalue weighted by Crippen LogP contribution is -2.41. The summed E-state index contributed by atoms with van der Waals surface area (Å²) >= 11 is 0. The first-order valence-corrected chi connectivity index (χ1v) is 12.0. The molecule has 2 N–H and O–H groups in total. The van der Waals surface area contributed by atoms with E-state index in [9.17, 15) is 0 Å². The number of rotatable bonds is 9. The van der Waals surface area contributed by atoms with Crippen LogP contribution in [-0.4, -0.2) is 35.8 Å². The van der Waals surface area contributed by atoms with E-state index in [0.717, 1.165) is 22.8 Å². The van der Waals surface area contributed by atoms with Gasteiger partial charge in [0.1, 0.15) is 0 Å². The minimum absolute atomic E-state index is 0.678. The van der Waals surface area contributed by atoms with Crippen LogP contribution in [0.25, 0.3) is 0 Å². The van der Waals surface area contributed by atoms with Gasteiger partial charge in [0.15, 0.2) is 11.7 Å². The Morgan fingerprint density at radius 1 is 0.500 bits per heavy atom. The summed E-state index contributed by atoms with van der Waals surface area (Å²) < 4.78 is 0. The molecule has 0 amide bonds. The first kappa shape index (κ1) is 24.9. The van der Waals surface area contributed by atoms with Crippen LogP contribution in [0.15, 0.2) is 132 Å². The molecule has 0 saturated carbocycles. The van der Waals surface area contributed by atoms with E-state index < -0.39 is 0 Å². The normalized spacial score (nSPS) is 11.8. The third kappa shape index (κ3) is 7.12. The van der Waals surface area contributed by atoms with Crippen molar-refractivity contribution in [1.82, 2.24) is 20.9 Å². The molecular weight excluding hydrogens is 444 g/mol. The quantitative estimate of drug-likeness (QED) is 0.201. The molecule has 0 bridgehead atoms. The molecule has 4 rings (SSSR count). The van der Waals surface area contributed by atoms with Crippen molar-refractivity contribution in [2.45, 2.75) is 13.1 Å². The molecule has 4 aromatic carbocycles. The molecule has 0 radical (unpaired) electrons. The Balaban J connectivity index is 1.61. The maximum Gasteiger partial charge on any atom is 0.172 e. The third-order valence-electron chi connectivity index (χ3n) is 5.67. The van der Waals surface area contributed by atoms with Crippen LogP contribution in [0.5, 0.6) is 0 Å². The van der Waals surface area contributed by atoms with Crippen LogP contribution in [0.2, 0.25) is 0 Å². The van der Waals surface area contributed by atoms with E-state index in [2.05, 4.69) is 35.1 Å². The van der Waals surface area contributed by atoms with Crippen LogP contribution >= 0.6 is 0 Å². The molecule has 36 heavy (non-hydrogen) atoms. The summed E-state index contributed by atoms with van der Waals surface area (Å²) in [6, 6.07) is 40.7. The predicted molar refractivity (Wildman–Crippen MR) is 148 cm³/mol.